The predicted molar refractivity (Wildman–Crippen MR) is 86.9 cm³/mol. The highest BCUT2D eigenvalue weighted by molar-refractivity contribution is 9.10. The van der Waals surface area contributed by atoms with Crippen LogP contribution in [0.25, 0.3) is 0 Å². The highest BCUT2D eigenvalue weighted by Crippen LogP contribution is 2.23. The molecule has 2 aromatic rings. The molecule has 100 valence electrons. The van der Waals surface area contributed by atoms with Gasteiger partial charge in [0.25, 0.3) is 0 Å². The van der Waals surface area contributed by atoms with E-state index in [0.717, 1.165) is 23.1 Å². The van der Waals surface area contributed by atoms with Crippen molar-refractivity contribution in [2.75, 3.05) is 17.6 Å². The Morgan fingerprint density at radius 3 is 2.74 bits per heavy atom. The molecule has 0 radical (unpaired) electrons. The average Bonchev–Trinajstić information content (AvgIpc) is 2.36. The maximum absolute atomic E-state index is 5.90. The molecule has 0 bridgehead atoms. The summed E-state index contributed by atoms with van der Waals surface area (Å²) in [5, 5.41) is 3.99. The molecule has 0 aromatic heterocycles. The van der Waals surface area contributed by atoms with E-state index in [9.17, 15) is 0 Å². The van der Waals surface area contributed by atoms with Gasteiger partial charge in [-0.25, -0.2) is 0 Å². The molecule has 0 heterocycles. The first-order valence-corrected chi connectivity index (χ1v) is 7.27. The summed E-state index contributed by atoms with van der Waals surface area (Å²) < 4.78 is 1.11. The maximum atomic E-state index is 5.90. The summed E-state index contributed by atoms with van der Waals surface area (Å²) in [6, 6.07) is 11.8. The Kier molecular flexibility index (Phi) is 4.72. The van der Waals surface area contributed by atoms with E-state index < -0.39 is 0 Å². The second kappa shape index (κ2) is 6.31. The Morgan fingerprint density at radius 1 is 1.21 bits per heavy atom. The van der Waals surface area contributed by atoms with Crippen molar-refractivity contribution >= 4 is 38.9 Å². The average molecular weight is 340 g/mol. The van der Waals surface area contributed by atoms with Gasteiger partial charge in [0.05, 0.1) is 11.4 Å². The van der Waals surface area contributed by atoms with Gasteiger partial charge >= 0.3 is 0 Å². The molecule has 0 aliphatic heterocycles. The zero-order valence-electron chi connectivity index (χ0n) is 10.7. The van der Waals surface area contributed by atoms with Gasteiger partial charge in [0.1, 0.15) is 0 Å². The van der Waals surface area contributed by atoms with Crippen molar-refractivity contribution in [1.82, 2.24) is 0 Å². The molecule has 4 heteroatoms. The van der Waals surface area contributed by atoms with Crippen LogP contribution in [0.3, 0.4) is 0 Å². The number of hydrogen-bond acceptors (Lipinski definition) is 2. The lowest BCUT2D eigenvalue weighted by molar-refractivity contribution is 1.00. The minimum Gasteiger partial charge on any atom is -0.397 e. The third-order valence-corrected chi connectivity index (χ3v) is 3.76. The van der Waals surface area contributed by atoms with Crippen LogP contribution in [0.15, 0.2) is 40.9 Å². The van der Waals surface area contributed by atoms with Crippen LogP contribution < -0.4 is 11.1 Å². The molecule has 0 unspecified atom stereocenters. The molecule has 19 heavy (non-hydrogen) atoms. The molecule has 0 atom stereocenters. The molecule has 0 aliphatic carbocycles. The molecule has 0 spiro atoms. The van der Waals surface area contributed by atoms with Crippen molar-refractivity contribution in [3.63, 3.8) is 0 Å². The van der Waals surface area contributed by atoms with Crippen molar-refractivity contribution in [2.45, 2.75) is 13.3 Å². The van der Waals surface area contributed by atoms with Crippen LogP contribution in [0, 0.1) is 6.92 Å². The number of halogens is 2. The third kappa shape index (κ3) is 3.88. The molecular formula is C15H16BrClN2. The maximum Gasteiger partial charge on any atom is 0.0575 e. The minimum absolute atomic E-state index is 0.658. The van der Waals surface area contributed by atoms with E-state index in [-0.39, 0.29) is 0 Å². The fourth-order valence-electron chi connectivity index (χ4n) is 1.94. The number of rotatable bonds is 4. The van der Waals surface area contributed by atoms with E-state index in [4.69, 9.17) is 17.3 Å². The molecule has 3 N–H and O–H groups in total. The van der Waals surface area contributed by atoms with Crippen LogP contribution in [0.5, 0.6) is 0 Å². The Hall–Kier alpha value is -1.19. The second-order valence-corrected chi connectivity index (χ2v) is 5.83. The monoisotopic (exact) mass is 338 g/mol. The van der Waals surface area contributed by atoms with Gasteiger partial charge in [-0.1, -0.05) is 33.6 Å². The van der Waals surface area contributed by atoms with Crippen LogP contribution in [0.4, 0.5) is 11.4 Å². The Bertz CT molecular complexity index is 584. The summed E-state index contributed by atoms with van der Waals surface area (Å²) in [5.74, 6) is 0. The van der Waals surface area contributed by atoms with Crippen LogP contribution >= 0.6 is 27.5 Å². The van der Waals surface area contributed by atoms with Crippen molar-refractivity contribution in [3.8, 4) is 0 Å². The number of benzene rings is 2. The van der Waals surface area contributed by atoms with Gasteiger partial charge in [0, 0.05) is 16.0 Å². The highest BCUT2D eigenvalue weighted by Gasteiger charge is 2.02. The fourth-order valence-corrected chi connectivity index (χ4v) is 2.52. The van der Waals surface area contributed by atoms with E-state index in [2.05, 4.69) is 46.4 Å². The minimum atomic E-state index is 0.658. The van der Waals surface area contributed by atoms with E-state index in [0.29, 0.717) is 10.7 Å². The van der Waals surface area contributed by atoms with Gasteiger partial charge in [0.15, 0.2) is 0 Å². The van der Waals surface area contributed by atoms with Gasteiger partial charge in [-0.3, -0.25) is 0 Å². The summed E-state index contributed by atoms with van der Waals surface area (Å²) >= 11 is 9.37. The van der Waals surface area contributed by atoms with E-state index in [1.165, 1.54) is 11.1 Å². The molecule has 2 rings (SSSR count). The lowest BCUT2D eigenvalue weighted by Crippen LogP contribution is -2.07. The number of nitrogens with one attached hydrogen (secondary N) is 1. The topological polar surface area (TPSA) is 38.0 Å². The number of anilines is 2. The van der Waals surface area contributed by atoms with Gasteiger partial charge in [-0.15, -0.1) is 0 Å². The van der Waals surface area contributed by atoms with Gasteiger partial charge < -0.3 is 11.1 Å². The number of nitrogen functional groups attached to an aromatic ring is 1. The summed E-state index contributed by atoms with van der Waals surface area (Å²) in [6.45, 7) is 2.96. The quantitative estimate of drug-likeness (QED) is 0.796. The van der Waals surface area contributed by atoms with Crippen molar-refractivity contribution in [2.24, 2.45) is 0 Å². The van der Waals surface area contributed by atoms with Crippen molar-refractivity contribution in [3.05, 3.63) is 57.0 Å². The Labute approximate surface area is 127 Å². The first-order chi connectivity index (χ1) is 9.06. The van der Waals surface area contributed by atoms with Crippen molar-refractivity contribution in [1.29, 1.82) is 0 Å². The van der Waals surface area contributed by atoms with E-state index in [1.54, 1.807) is 6.07 Å². The summed E-state index contributed by atoms with van der Waals surface area (Å²) in [4.78, 5) is 0. The van der Waals surface area contributed by atoms with Gasteiger partial charge in [-0.05, 0) is 54.8 Å². The molecule has 0 amide bonds. The van der Waals surface area contributed by atoms with Gasteiger partial charge in [0.2, 0.25) is 0 Å². The molecule has 2 nitrogen and oxygen atoms in total. The van der Waals surface area contributed by atoms with Crippen molar-refractivity contribution < 1.29 is 0 Å². The zero-order chi connectivity index (χ0) is 13.8. The largest absolute Gasteiger partial charge is 0.397 e. The van der Waals surface area contributed by atoms with Crippen LogP contribution in [-0.4, -0.2) is 6.54 Å². The Morgan fingerprint density at radius 2 is 2.00 bits per heavy atom. The smallest absolute Gasteiger partial charge is 0.0575 e. The lowest BCUT2D eigenvalue weighted by atomic mass is 10.1. The molecule has 2 aromatic carbocycles. The van der Waals surface area contributed by atoms with E-state index >= 15 is 0 Å². The standard InChI is InChI=1S/C15H16BrClN2/c1-10-2-3-12(16)8-11(10)6-7-19-15-5-4-13(17)9-14(15)18/h2-5,8-9,19H,6-7,18H2,1H3. The molecular weight excluding hydrogens is 324 g/mol. The summed E-state index contributed by atoms with van der Waals surface area (Å²) in [6.07, 6.45) is 0.952. The first-order valence-electron chi connectivity index (χ1n) is 6.10. The molecule has 0 fully saturated rings. The Balaban J connectivity index is 1.98. The third-order valence-electron chi connectivity index (χ3n) is 3.03. The van der Waals surface area contributed by atoms with E-state index in [1.807, 2.05) is 12.1 Å². The second-order valence-electron chi connectivity index (χ2n) is 4.48. The SMILES string of the molecule is Cc1ccc(Br)cc1CCNc1ccc(Cl)cc1N. The number of nitrogens with two attached hydrogens (primary N) is 1. The summed E-state index contributed by atoms with van der Waals surface area (Å²) in [5.41, 5.74) is 10.1. The fraction of sp³-hybridized carbons (Fsp3) is 0.200. The molecule has 0 saturated heterocycles. The van der Waals surface area contributed by atoms with Crippen LogP contribution in [0.2, 0.25) is 5.02 Å². The van der Waals surface area contributed by atoms with Gasteiger partial charge in [-0.2, -0.15) is 0 Å². The number of hydrogen-bond donors (Lipinski definition) is 2. The molecule has 0 saturated carbocycles. The predicted octanol–water partition coefficient (Wildman–Crippen LogP) is 4.65. The molecule has 0 aliphatic rings. The zero-order valence-corrected chi connectivity index (χ0v) is 13.1. The lowest BCUT2D eigenvalue weighted by Gasteiger charge is -2.11. The highest BCUT2D eigenvalue weighted by atomic mass is 79.9. The summed E-state index contributed by atoms with van der Waals surface area (Å²) in [7, 11) is 0. The first kappa shape index (κ1) is 14.2. The normalized spacial score (nSPS) is 10.5. The van der Waals surface area contributed by atoms with Crippen LogP contribution in [-0.2, 0) is 6.42 Å². The van der Waals surface area contributed by atoms with Crippen LogP contribution in [0.1, 0.15) is 11.1 Å². The number of aryl methyl sites for hydroxylation is 1.